The molecule has 121 valence electrons. The normalized spacial score (nSPS) is 17.9. The zero-order valence-corrected chi connectivity index (χ0v) is 16.2. The fourth-order valence-electron chi connectivity index (χ4n) is 4.42. The minimum atomic E-state index is -0.108. The number of fused-ring (bicyclic) bond motifs is 5. The molecule has 0 saturated heterocycles. The number of nitrogens with zero attached hydrogens (tertiary/aromatic N) is 1. The quantitative estimate of drug-likeness (QED) is 0.351. The van der Waals surface area contributed by atoms with Gasteiger partial charge >= 0.3 is 0 Å². The van der Waals surface area contributed by atoms with E-state index in [9.17, 15) is 4.79 Å². The average molecular weight is 482 g/mol. The molecule has 2 nitrogen and oxygen atoms in total. The molecule has 0 aliphatic heterocycles. The smallest absolute Gasteiger partial charge is 0.0661 e. The van der Waals surface area contributed by atoms with Crippen LogP contribution in [0.1, 0.15) is 45.4 Å². The van der Waals surface area contributed by atoms with Crippen molar-refractivity contribution in [3.63, 3.8) is 0 Å². The van der Waals surface area contributed by atoms with E-state index in [1.165, 1.54) is 0 Å². The molecule has 0 saturated carbocycles. The Morgan fingerprint density at radius 2 is 1.87 bits per heavy atom. The predicted octanol–water partition coefficient (Wildman–Crippen LogP) is 4.01. The summed E-state index contributed by atoms with van der Waals surface area (Å²) in [5, 5.41) is 2.05. The SMILES string of the molecule is CC1(C)CC(C)(C)c2c1c(=O)[c-]c1c3[c-]cccc3ccn21.[Ir]. The summed E-state index contributed by atoms with van der Waals surface area (Å²) in [6.07, 6.45) is 3.05. The standard InChI is InChI=1S/C20H19NO.Ir/c1-19(2)12-20(3,4)18-17(19)16(22)11-15-14-8-6-5-7-13(14)9-10-21(15)18;/h5-7,9-10H,12H2,1-4H3;/q-2;. The summed E-state index contributed by atoms with van der Waals surface area (Å²) in [4.78, 5) is 12.8. The van der Waals surface area contributed by atoms with Crippen molar-refractivity contribution in [1.29, 1.82) is 0 Å². The monoisotopic (exact) mass is 482 g/mol. The maximum Gasteiger partial charge on any atom is 0.0661 e. The topological polar surface area (TPSA) is 21.5 Å². The maximum atomic E-state index is 12.8. The molecule has 1 aliphatic carbocycles. The van der Waals surface area contributed by atoms with E-state index in [1.54, 1.807) is 0 Å². The summed E-state index contributed by atoms with van der Waals surface area (Å²) in [7, 11) is 0. The van der Waals surface area contributed by atoms with E-state index >= 15 is 0 Å². The maximum absolute atomic E-state index is 12.8. The van der Waals surface area contributed by atoms with Crippen LogP contribution in [0, 0.1) is 12.1 Å². The summed E-state index contributed by atoms with van der Waals surface area (Å²) in [6, 6.07) is 14.4. The molecule has 0 atom stereocenters. The predicted molar refractivity (Wildman–Crippen MR) is 89.5 cm³/mol. The number of aromatic nitrogens is 1. The molecule has 3 aromatic rings. The molecule has 1 aromatic carbocycles. The molecule has 0 spiro atoms. The molecule has 4 rings (SSSR count). The Hall–Kier alpha value is -1.44. The van der Waals surface area contributed by atoms with Crippen LogP contribution in [0.4, 0.5) is 0 Å². The molecule has 3 heteroatoms. The van der Waals surface area contributed by atoms with Gasteiger partial charge in [-0.25, -0.2) is 11.5 Å². The molecule has 0 amide bonds. The van der Waals surface area contributed by atoms with Gasteiger partial charge in [0.05, 0.1) is 5.43 Å². The molecular weight excluding hydrogens is 462 g/mol. The third-order valence-electron chi connectivity index (χ3n) is 4.91. The van der Waals surface area contributed by atoms with Gasteiger partial charge in [-0.3, -0.25) is 0 Å². The Morgan fingerprint density at radius 1 is 1.13 bits per heavy atom. The van der Waals surface area contributed by atoms with Crippen LogP contribution in [0.15, 0.2) is 35.3 Å². The number of rotatable bonds is 0. The Morgan fingerprint density at radius 3 is 2.61 bits per heavy atom. The largest absolute Gasteiger partial charge is 0.395 e. The summed E-state index contributed by atoms with van der Waals surface area (Å²) in [5.41, 5.74) is 2.80. The van der Waals surface area contributed by atoms with E-state index in [0.29, 0.717) is 0 Å². The molecule has 0 bridgehead atoms. The summed E-state index contributed by atoms with van der Waals surface area (Å²) >= 11 is 0. The van der Waals surface area contributed by atoms with Crippen LogP contribution in [0.5, 0.6) is 0 Å². The molecule has 0 unspecified atom stereocenters. The van der Waals surface area contributed by atoms with Crippen LogP contribution < -0.4 is 5.43 Å². The van der Waals surface area contributed by atoms with E-state index < -0.39 is 0 Å². The van der Waals surface area contributed by atoms with Gasteiger partial charge in [-0.1, -0.05) is 39.3 Å². The summed E-state index contributed by atoms with van der Waals surface area (Å²) in [5.74, 6) is 0. The Kier molecular flexibility index (Phi) is 3.59. The van der Waals surface area contributed by atoms with Crippen LogP contribution in [-0.2, 0) is 30.9 Å². The second-order valence-electron chi connectivity index (χ2n) is 7.66. The third kappa shape index (κ3) is 2.21. The van der Waals surface area contributed by atoms with Crippen LogP contribution in [0.3, 0.4) is 0 Å². The number of hydrogen-bond donors (Lipinski definition) is 0. The van der Waals surface area contributed by atoms with Gasteiger partial charge in [0.2, 0.25) is 0 Å². The van der Waals surface area contributed by atoms with Crippen molar-refractivity contribution >= 4 is 16.3 Å². The van der Waals surface area contributed by atoms with Gasteiger partial charge in [-0.05, 0) is 29.1 Å². The van der Waals surface area contributed by atoms with Gasteiger partial charge in [-0.15, -0.1) is 11.6 Å². The van der Waals surface area contributed by atoms with Gasteiger partial charge in [0.25, 0.3) is 0 Å². The van der Waals surface area contributed by atoms with E-state index in [4.69, 9.17) is 0 Å². The van der Waals surface area contributed by atoms with Gasteiger partial charge in [0.1, 0.15) is 0 Å². The molecule has 1 radical (unpaired) electrons. The minimum absolute atomic E-state index is 0. The van der Waals surface area contributed by atoms with Gasteiger partial charge in [-0.2, -0.15) is 23.6 Å². The first-order valence-electron chi connectivity index (χ1n) is 7.73. The second kappa shape index (κ2) is 5.03. The molecular formula is C20H19IrNO-2. The van der Waals surface area contributed by atoms with Crippen molar-refractivity contribution in [2.75, 3.05) is 0 Å². The van der Waals surface area contributed by atoms with Crippen LogP contribution >= 0.6 is 0 Å². The minimum Gasteiger partial charge on any atom is -0.395 e. The first-order chi connectivity index (χ1) is 10.3. The first kappa shape index (κ1) is 16.4. The van der Waals surface area contributed by atoms with Crippen molar-refractivity contribution in [3.05, 3.63) is 64.1 Å². The number of hydrogen-bond acceptors (Lipinski definition) is 1. The third-order valence-corrected chi connectivity index (χ3v) is 4.91. The molecule has 0 fully saturated rings. The van der Waals surface area contributed by atoms with Crippen LogP contribution in [0.2, 0.25) is 0 Å². The van der Waals surface area contributed by atoms with Crippen LogP contribution in [0.25, 0.3) is 16.3 Å². The zero-order valence-electron chi connectivity index (χ0n) is 13.8. The van der Waals surface area contributed by atoms with Gasteiger partial charge in [0.15, 0.2) is 0 Å². The Bertz CT molecular complexity index is 982. The van der Waals surface area contributed by atoms with Crippen molar-refractivity contribution in [2.45, 2.75) is 44.9 Å². The number of pyridine rings is 2. The summed E-state index contributed by atoms with van der Waals surface area (Å²) in [6.45, 7) is 8.78. The molecule has 0 N–H and O–H groups in total. The molecule has 2 aromatic heterocycles. The average Bonchev–Trinajstić information content (AvgIpc) is 2.64. The van der Waals surface area contributed by atoms with Crippen molar-refractivity contribution in [3.8, 4) is 0 Å². The van der Waals surface area contributed by atoms with Crippen molar-refractivity contribution in [1.82, 2.24) is 4.40 Å². The van der Waals surface area contributed by atoms with E-state index in [0.717, 1.165) is 34.0 Å². The van der Waals surface area contributed by atoms with E-state index in [-0.39, 0.29) is 36.4 Å². The fourth-order valence-corrected chi connectivity index (χ4v) is 4.42. The first-order valence-corrected chi connectivity index (χ1v) is 7.73. The zero-order chi connectivity index (χ0) is 15.7. The van der Waals surface area contributed by atoms with Crippen LogP contribution in [-0.4, -0.2) is 4.40 Å². The molecule has 23 heavy (non-hydrogen) atoms. The Labute approximate surface area is 149 Å². The van der Waals surface area contributed by atoms with Crippen molar-refractivity contribution in [2.24, 2.45) is 0 Å². The Balaban J connectivity index is 0.00000156. The van der Waals surface area contributed by atoms with Crippen molar-refractivity contribution < 1.29 is 20.1 Å². The van der Waals surface area contributed by atoms with E-state index in [2.05, 4.69) is 56.5 Å². The van der Waals surface area contributed by atoms with Gasteiger partial charge in [0, 0.05) is 20.1 Å². The number of benzene rings is 1. The molecule has 1 aliphatic rings. The summed E-state index contributed by atoms with van der Waals surface area (Å²) < 4.78 is 2.16. The fraction of sp³-hybridized carbons (Fsp3) is 0.350. The second-order valence-corrected chi connectivity index (χ2v) is 7.66. The molecule has 2 heterocycles. The van der Waals surface area contributed by atoms with Gasteiger partial charge < -0.3 is 9.20 Å². The van der Waals surface area contributed by atoms with E-state index in [1.807, 2.05) is 18.2 Å².